The molecule has 0 saturated carbocycles. The monoisotopic (exact) mass is 351 g/mol. The molecule has 0 aliphatic carbocycles. The first-order valence-electron chi connectivity index (χ1n) is 8.63. The van der Waals surface area contributed by atoms with Crippen molar-refractivity contribution in [2.45, 2.75) is 25.8 Å². The van der Waals surface area contributed by atoms with Crippen LogP contribution in [0.15, 0.2) is 60.2 Å². The largest absolute Gasteiger partial charge is 0.324 e. The summed E-state index contributed by atoms with van der Waals surface area (Å²) in [5.74, 6) is 0. The molecule has 25 heavy (non-hydrogen) atoms. The van der Waals surface area contributed by atoms with Gasteiger partial charge < -0.3 is 14.8 Å². The van der Waals surface area contributed by atoms with Crippen LogP contribution in [-0.2, 0) is 6.42 Å². The molecule has 4 rings (SSSR count). The van der Waals surface area contributed by atoms with Gasteiger partial charge in [0.05, 0.1) is 6.04 Å². The number of aromatic nitrogens is 1. The van der Waals surface area contributed by atoms with Crippen LogP contribution in [0, 0.1) is 0 Å². The molecule has 5 heteroatoms. The first-order chi connectivity index (χ1) is 12.3. The van der Waals surface area contributed by atoms with E-state index < -0.39 is 0 Å². The van der Waals surface area contributed by atoms with Gasteiger partial charge in [-0.25, -0.2) is 4.79 Å². The van der Waals surface area contributed by atoms with E-state index in [1.165, 1.54) is 10.4 Å². The van der Waals surface area contributed by atoms with E-state index in [-0.39, 0.29) is 12.1 Å². The van der Waals surface area contributed by atoms with Crippen LogP contribution in [0.5, 0.6) is 0 Å². The summed E-state index contributed by atoms with van der Waals surface area (Å²) in [6.07, 6.45) is 5.87. The Labute approximate surface area is 151 Å². The van der Waals surface area contributed by atoms with Crippen LogP contribution in [0.4, 0.5) is 10.5 Å². The highest BCUT2D eigenvalue weighted by Crippen LogP contribution is 2.35. The molecule has 2 aromatic heterocycles. The fraction of sp³-hybridized carbons (Fsp3) is 0.250. The maximum Gasteiger partial charge on any atom is 0.322 e. The first kappa shape index (κ1) is 16.0. The maximum absolute atomic E-state index is 12.9. The summed E-state index contributed by atoms with van der Waals surface area (Å²) in [7, 11) is 0. The third-order valence-electron chi connectivity index (χ3n) is 4.74. The van der Waals surface area contributed by atoms with Crippen molar-refractivity contribution in [2.75, 3.05) is 11.9 Å². The van der Waals surface area contributed by atoms with Crippen molar-refractivity contribution in [3.8, 4) is 5.69 Å². The molecule has 3 heterocycles. The van der Waals surface area contributed by atoms with Crippen molar-refractivity contribution in [1.29, 1.82) is 0 Å². The third-order valence-corrected chi connectivity index (χ3v) is 5.74. The van der Waals surface area contributed by atoms with Crippen molar-refractivity contribution in [2.24, 2.45) is 0 Å². The van der Waals surface area contributed by atoms with E-state index in [1.54, 1.807) is 11.3 Å². The summed E-state index contributed by atoms with van der Waals surface area (Å²) < 4.78 is 2.03. The van der Waals surface area contributed by atoms with Gasteiger partial charge in [-0.1, -0.05) is 13.0 Å². The molecule has 1 aliphatic rings. The Kier molecular flexibility index (Phi) is 4.32. The minimum Gasteiger partial charge on any atom is -0.324 e. The number of amides is 2. The Morgan fingerprint density at radius 2 is 2.08 bits per heavy atom. The zero-order valence-electron chi connectivity index (χ0n) is 14.2. The van der Waals surface area contributed by atoms with Gasteiger partial charge in [0.15, 0.2) is 0 Å². The number of carbonyl (C=O) groups is 1. The highest BCUT2D eigenvalue weighted by molar-refractivity contribution is 7.10. The lowest BCUT2D eigenvalue weighted by atomic mass is 9.98. The maximum atomic E-state index is 12.9. The molecule has 1 aromatic carbocycles. The molecular weight excluding hydrogens is 330 g/mol. The second kappa shape index (κ2) is 6.76. The van der Waals surface area contributed by atoms with Crippen LogP contribution in [0.25, 0.3) is 5.69 Å². The van der Waals surface area contributed by atoms with Crippen LogP contribution >= 0.6 is 11.3 Å². The molecule has 0 radical (unpaired) electrons. The number of hydrogen-bond acceptors (Lipinski definition) is 2. The number of carbonyl (C=O) groups excluding carboxylic acids is 1. The normalized spacial score (nSPS) is 16.5. The molecular formula is C20H21N3OS. The number of urea groups is 1. The topological polar surface area (TPSA) is 37.3 Å². The quantitative estimate of drug-likeness (QED) is 0.702. The van der Waals surface area contributed by atoms with Gasteiger partial charge in [0, 0.05) is 35.2 Å². The van der Waals surface area contributed by atoms with Crippen LogP contribution < -0.4 is 5.32 Å². The summed E-state index contributed by atoms with van der Waals surface area (Å²) in [4.78, 5) is 16.3. The van der Waals surface area contributed by atoms with E-state index in [2.05, 4.69) is 23.7 Å². The Bertz CT molecular complexity index is 869. The van der Waals surface area contributed by atoms with Crippen molar-refractivity contribution >= 4 is 23.1 Å². The lowest BCUT2D eigenvalue weighted by molar-refractivity contribution is 0.181. The van der Waals surface area contributed by atoms with Crippen molar-refractivity contribution in [3.63, 3.8) is 0 Å². The number of nitrogens with one attached hydrogen (secondary N) is 1. The van der Waals surface area contributed by atoms with E-state index >= 15 is 0 Å². The van der Waals surface area contributed by atoms with Crippen molar-refractivity contribution in [3.05, 3.63) is 70.7 Å². The van der Waals surface area contributed by atoms with Crippen LogP contribution in [0.2, 0.25) is 0 Å². The van der Waals surface area contributed by atoms with Crippen LogP contribution in [-0.4, -0.2) is 22.0 Å². The minimum absolute atomic E-state index is 0.0200. The molecule has 0 fully saturated rings. The predicted molar refractivity (Wildman–Crippen MR) is 103 cm³/mol. The van der Waals surface area contributed by atoms with E-state index in [0.29, 0.717) is 0 Å². The summed E-state index contributed by atoms with van der Waals surface area (Å²) >= 11 is 1.80. The van der Waals surface area contributed by atoms with Gasteiger partial charge in [-0.3, -0.25) is 0 Å². The number of hydrogen-bond donors (Lipinski definition) is 1. The van der Waals surface area contributed by atoms with Gasteiger partial charge in [-0.2, -0.15) is 0 Å². The number of fused-ring (bicyclic) bond motifs is 1. The molecule has 0 bridgehead atoms. The Hall–Kier alpha value is -2.53. The average molecular weight is 351 g/mol. The zero-order chi connectivity index (χ0) is 17.2. The SMILES string of the molecule is CCC1c2ccsc2CCN1C(=O)Nc1cccc(-n2cccc2)c1. The molecule has 1 atom stereocenters. The first-order valence-corrected chi connectivity index (χ1v) is 9.51. The second-order valence-corrected chi connectivity index (χ2v) is 7.24. The van der Waals surface area contributed by atoms with Crippen LogP contribution in [0.3, 0.4) is 0 Å². The third kappa shape index (κ3) is 3.07. The van der Waals surface area contributed by atoms with E-state index in [9.17, 15) is 4.79 Å². The number of thiophene rings is 1. The summed E-state index contributed by atoms with van der Waals surface area (Å²) in [5.41, 5.74) is 3.17. The zero-order valence-corrected chi connectivity index (χ0v) is 15.0. The molecule has 1 N–H and O–H groups in total. The Balaban J connectivity index is 1.53. The van der Waals surface area contributed by atoms with Gasteiger partial charge in [-0.05, 0) is 60.2 Å². The molecule has 128 valence electrons. The number of anilines is 1. The molecule has 4 nitrogen and oxygen atoms in total. The van der Waals surface area contributed by atoms with Gasteiger partial charge in [0.25, 0.3) is 0 Å². The number of benzene rings is 1. The van der Waals surface area contributed by atoms with Crippen molar-refractivity contribution < 1.29 is 4.79 Å². The Morgan fingerprint density at radius 3 is 2.88 bits per heavy atom. The van der Waals surface area contributed by atoms with Gasteiger partial charge >= 0.3 is 6.03 Å². The molecule has 1 aliphatic heterocycles. The van der Waals surface area contributed by atoms with Crippen molar-refractivity contribution in [1.82, 2.24) is 9.47 Å². The Morgan fingerprint density at radius 1 is 1.24 bits per heavy atom. The average Bonchev–Trinajstić information content (AvgIpc) is 3.32. The molecule has 0 saturated heterocycles. The predicted octanol–water partition coefficient (Wildman–Crippen LogP) is 5.08. The number of rotatable bonds is 3. The smallest absolute Gasteiger partial charge is 0.322 e. The fourth-order valence-electron chi connectivity index (χ4n) is 3.53. The summed E-state index contributed by atoms with van der Waals surface area (Å²) in [5, 5.41) is 5.21. The summed E-state index contributed by atoms with van der Waals surface area (Å²) in [6.45, 7) is 2.92. The minimum atomic E-state index is -0.0200. The van der Waals surface area contributed by atoms with Gasteiger partial charge in [0.2, 0.25) is 0 Å². The van der Waals surface area contributed by atoms with Gasteiger partial charge in [0.1, 0.15) is 0 Å². The fourth-order valence-corrected chi connectivity index (χ4v) is 4.45. The van der Waals surface area contributed by atoms with Gasteiger partial charge in [-0.15, -0.1) is 11.3 Å². The lowest BCUT2D eigenvalue weighted by Gasteiger charge is -2.35. The molecule has 3 aromatic rings. The van der Waals surface area contributed by atoms with E-state index in [0.717, 1.165) is 30.8 Å². The summed E-state index contributed by atoms with van der Waals surface area (Å²) in [6, 6.07) is 14.2. The van der Waals surface area contributed by atoms with Crippen LogP contribution in [0.1, 0.15) is 29.8 Å². The second-order valence-electron chi connectivity index (χ2n) is 6.24. The highest BCUT2D eigenvalue weighted by atomic mass is 32.1. The standard InChI is InChI=1S/C20H21N3OS/c1-2-18-17-9-13-25-19(17)8-12-23(18)20(24)21-15-6-5-7-16(14-15)22-10-3-4-11-22/h3-7,9-11,13-14,18H,2,8,12H2,1H3,(H,21,24). The van der Waals surface area contributed by atoms with E-state index in [1.807, 2.05) is 58.3 Å². The lowest BCUT2D eigenvalue weighted by Crippen LogP contribution is -2.41. The molecule has 0 spiro atoms. The number of nitrogens with zero attached hydrogens (tertiary/aromatic N) is 2. The molecule has 2 amide bonds. The van der Waals surface area contributed by atoms with E-state index in [4.69, 9.17) is 0 Å². The highest BCUT2D eigenvalue weighted by Gasteiger charge is 2.30. The molecule has 1 unspecified atom stereocenters.